The number of carbonyl (C=O) groups excluding carboxylic acids is 4. The van der Waals surface area contributed by atoms with E-state index in [1.165, 1.54) is 14.2 Å². The summed E-state index contributed by atoms with van der Waals surface area (Å²) in [7, 11) is 2.51. The second-order valence-electron chi connectivity index (χ2n) is 14.4. The number of alkyl carbamates (subject to hydrolysis) is 2. The monoisotopic (exact) mass is 762 g/mol. The highest BCUT2D eigenvalue weighted by Gasteiger charge is 2.48. The SMILES string of the molecule is CCC1(c2nc3cc(-c4ccc5cc(-c6cnc(C7CCCN7C(=O)CNC(=O)OC)[nH]6)ccc5c4)ccc3c(=O)[nH]2)C(C)CCCN1C(=O)CNC(=O)OC. The first kappa shape index (κ1) is 38.0. The van der Waals surface area contributed by atoms with Crippen LogP contribution in [0.25, 0.3) is 44.1 Å². The molecule has 7 rings (SSSR count). The highest BCUT2D eigenvalue weighted by atomic mass is 16.5. The second kappa shape index (κ2) is 15.8. The number of methoxy groups -OCH3 is 2. The van der Waals surface area contributed by atoms with Gasteiger partial charge in [-0.1, -0.05) is 44.2 Å². The minimum Gasteiger partial charge on any atom is -0.453 e. The van der Waals surface area contributed by atoms with Crippen LogP contribution in [0.3, 0.4) is 0 Å². The Morgan fingerprint density at radius 3 is 2.20 bits per heavy atom. The number of amides is 4. The molecule has 0 radical (unpaired) electrons. The number of fused-ring (bicyclic) bond motifs is 2. The van der Waals surface area contributed by atoms with E-state index in [1.54, 1.807) is 22.1 Å². The van der Waals surface area contributed by atoms with Gasteiger partial charge in [0.25, 0.3) is 5.56 Å². The molecule has 15 nitrogen and oxygen atoms in total. The van der Waals surface area contributed by atoms with Crippen LogP contribution in [0.15, 0.2) is 65.6 Å². The Kier molecular flexibility index (Phi) is 10.8. The minimum atomic E-state index is -0.871. The van der Waals surface area contributed by atoms with E-state index in [2.05, 4.69) is 66.2 Å². The molecule has 2 fully saturated rings. The van der Waals surface area contributed by atoms with Crippen LogP contribution in [0.5, 0.6) is 0 Å². The van der Waals surface area contributed by atoms with Gasteiger partial charge >= 0.3 is 12.2 Å². The fourth-order valence-corrected chi connectivity index (χ4v) is 8.43. The molecule has 2 aliphatic heterocycles. The Bertz CT molecular complexity index is 2370. The Balaban J connectivity index is 1.14. The molecular weight excluding hydrogens is 716 g/mol. The molecule has 0 aliphatic carbocycles. The molecule has 2 aliphatic rings. The summed E-state index contributed by atoms with van der Waals surface area (Å²) >= 11 is 0. The molecule has 2 aromatic heterocycles. The smallest absolute Gasteiger partial charge is 0.407 e. The van der Waals surface area contributed by atoms with Gasteiger partial charge in [-0.2, -0.15) is 0 Å². The first-order valence-corrected chi connectivity index (χ1v) is 18.9. The number of imidazole rings is 1. The average molecular weight is 763 g/mol. The van der Waals surface area contributed by atoms with Gasteiger partial charge in [0.05, 0.1) is 43.1 Å². The first-order valence-electron chi connectivity index (χ1n) is 18.9. The highest BCUT2D eigenvalue weighted by Crippen LogP contribution is 2.43. The maximum Gasteiger partial charge on any atom is 0.407 e. The summed E-state index contributed by atoms with van der Waals surface area (Å²) in [4.78, 5) is 82.8. The van der Waals surface area contributed by atoms with Crippen LogP contribution in [0, 0.1) is 5.92 Å². The van der Waals surface area contributed by atoms with Gasteiger partial charge in [0.1, 0.15) is 30.3 Å². The first-order chi connectivity index (χ1) is 27.1. The van der Waals surface area contributed by atoms with Crippen molar-refractivity contribution in [1.29, 1.82) is 0 Å². The van der Waals surface area contributed by atoms with Crippen molar-refractivity contribution in [2.24, 2.45) is 5.92 Å². The lowest BCUT2D eigenvalue weighted by Gasteiger charge is -2.50. The van der Waals surface area contributed by atoms with Crippen molar-refractivity contribution in [1.82, 2.24) is 40.4 Å². The van der Waals surface area contributed by atoms with Crippen molar-refractivity contribution < 1.29 is 28.7 Å². The molecule has 56 heavy (non-hydrogen) atoms. The Morgan fingerprint density at radius 2 is 1.48 bits per heavy atom. The molecule has 3 unspecified atom stereocenters. The molecule has 4 amide bonds. The van der Waals surface area contributed by atoms with Crippen LogP contribution in [0.2, 0.25) is 0 Å². The van der Waals surface area contributed by atoms with Gasteiger partial charge in [-0.15, -0.1) is 0 Å². The number of benzene rings is 3. The maximum atomic E-state index is 13.6. The Morgan fingerprint density at radius 1 is 0.839 bits per heavy atom. The normalized spacial score (nSPS) is 19.6. The molecule has 0 bridgehead atoms. The summed E-state index contributed by atoms with van der Waals surface area (Å²) in [5, 5.41) is 7.45. The summed E-state index contributed by atoms with van der Waals surface area (Å²) in [6.45, 7) is 4.75. The third kappa shape index (κ3) is 7.16. The highest BCUT2D eigenvalue weighted by molar-refractivity contribution is 5.92. The number of carbonyl (C=O) groups is 4. The van der Waals surface area contributed by atoms with E-state index in [4.69, 9.17) is 4.98 Å². The van der Waals surface area contributed by atoms with Crippen LogP contribution < -0.4 is 16.2 Å². The molecule has 4 heterocycles. The lowest BCUT2D eigenvalue weighted by Crippen LogP contribution is -2.59. The summed E-state index contributed by atoms with van der Waals surface area (Å²) in [6, 6.07) is 17.8. The number of aromatic amines is 2. The van der Waals surface area contributed by atoms with Crippen LogP contribution >= 0.6 is 0 Å². The van der Waals surface area contributed by atoms with E-state index in [0.717, 1.165) is 58.8 Å². The average Bonchev–Trinajstić information content (AvgIpc) is 3.92. The standard InChI is InChI=1S/C41H46N8O7/c1-5-41(24(2)8-6-17-49(41)35(51)23-44-40(54)56-4)38-46-31-20-28(14-15-30(31)37(52)47-38)26-10-11-27-19-29(13-12-25(27)18-26)32-21-42-36(45-32)33-9-7-16-48(33)34(50)22-43-39(53)55-3/h10-15,18-21,24,33H,5-9,16-17,22-23H2,1-4H3,(H,42,45)(H,43,53)(H,44,54)(H,46,47,52). The largest absolute Gasteiger partial charge is 0.453 e. The zero-order valence-corrected chi connectivity index (χ0v) is 31.9. The van der Waals surface area contributed by atoms with E-state index >= 15 is 0 Å². The van der Waals surface area contributed by atoms with Crippen molar-refractivity contribution in [3.63, 3.8) is 0 Å². The van der Waals surface area contributed by atoms with Crippen molar-refractivity contribution in [3.8, 4) is 22.4 Å². The topological polar surface area (TPSA) is 192 Å². The van der Waals surface area contributed by atoms with E-state index in [9.17, 15) is 24.0 Å². The van der Waals surface area contributed by atoms with Gasteiger partial charge in [0.2, 0.25) is 11.8 Å². The lowest BCUT2D eigenvalue weighted by atomic mass is 9.74. The fraction of sp³-hybridized carbons (Fsp3) is 0.390. The van der Waals surface area contributed by atoms with Crippen molar-refractivity contribution in [3.05, 3.63) is 82.8 Å². The van der Waals surface area contributed by atoms with Crippen molar-refractivity contribution in [2.45, 2.75) is 57.5 Å². The fourth-order valence-electron chi connectivity index (χ4n) is 8.43. The number of piperidine rings is 1. The van der Waals surface area contributed by atoms with Crippen molar-refractivity contribution in [2.75, 3.05) is 40.4 Å². The third-order valence-electron chi connectivity index (χ3n) is 11.4. The number of nitrogens with one attached hydrogen (secondary N) is 4. The maximum absolute atomic E-state index is 13.6. The van der Waals surface area contributed by atoms with E-state index in [0.29, 0.717) is 42.1 Å². The van der Waals surface area contributed by atoms with Gasteiger partial charge in [0.15, 0.2) is 0 Å². The summed E-state index contributed by atoms with van der Waals surface area (Å²) < 4.78 is 9.25. The predicted octanol–water partition coefficient (Wildman–Crippen LogP) is 5.37. The van der Waals surface area contributed by atoms with E-state index in [-0.39, 0.29) is 42.4 Å². The van der Waals surface area contributed by atoms with Crippen LogP contribution in [-0.2, 0) is 24.6 Å². The number of hydrogen-bond acceptors (Lipinski definition) is 9. The summed E-state index contributed by atoms with van der Waals surface area (Å²) in [5.41, 5.74) is 3.00. The molecule has 15 heteroatoms. The Hall–Kier alpha value is -6.25. The zero-order valence-electron chi connectivity index (χ0n) is 31.9. The lowest BCUT2D eigenvalue weighted by molar-refractivity contribution is -0.144. The van der Waals surface area contributed by atoms with Gasteiger partial charge in [-0.25, -0.2) is 19.6 Å². The molecule has 3 atom stereocenters. The molecule has 0 spiro atoms. The molecule has 5 aromatic rings. The zero-order chi connectivity index (χ0) is 39.6. The number of H-pyrrole nitrogens is 2. The molecule has 292 valence electrons. The number of nitrogens with zero attached hydrogens (tertiary/aromatic N) is 4. The molecular formula is C41H46N8O7. The molecule has 0 saturated carbocycles. The van der Waals surface area contributed by atoms with E-state index in [1.807, 2.05) is 31.2 Å². The number of aromatic nitrogens is 4. The number of hydrogen-bond donors (Lipinski definition) is 4. The Labute approximate surface area is 323 Å². The minimum absolute atomic E-state index is 0.00529. The number of ether oxygens (including phenoxy) is 2. The second-order valence-corrected chi connectivity index (χ2v) is 14.4. The quantitative estimate of drug-likeness (QED) is 0.153. The third-order valence-corrected chi connectivity index (χ3v) is 11.4. The van der Waals surface area contributed by atoms with Gasteiger partial charge in [-0.05, 0) is 84.2 Å². The van der Waals surface area contributed by atoms with Gasteiger partial charge in [-0.3, -0.25) is 14.4 Å². The van der Waals surface area contributed by atoms with Crippen LogP contribution in [-0.4, -0.2) is 94.1 Å². The van der Waals surface area contributed by atoms with Crippen molar-refractivity contribution >= 4 is 45.7 Å². The summed E-state index contributed by atoms with van der Waals surface area (Å²) in [6.07, 6.45) is 4.21. The van der Waals surface area contributed by atoms with Gasteiger partial charge < -0.3 is 39.9 Å². The molecule has 2 saturated heterocycles. The summed E-state index contributed by atoms with van der Waals surface area (Å²) in [5.74, 6) is 0.661. The van der Waals surface area contributed by atoms with E-state index < -0.39 is 17.7 Å². The van der Waals surface area contributed by atoms with Crippen LogP contribution in [0.4, 0.5) is 9.59 Å². The molecule has 4 N–H and O–H groups in total. The number of likely N-dealkylation sites (tertiary alicyclic amines) is 2. The van der Waals surface area contributed by atoms with Crippen LogP contribution in [0.1, 0.15) is 63.6 Å². The number of rotatable bonds is 9. The van der Waals surface area contributed by atoms with Gasteiger partial charge in [0, 0.05) is 18.7 Å². The predicted molar refractivity (Wildman–Crippen MR) is 209 cm³/mol. The molecule has 3 aromatic carbocycles.